The molecule has 1 aliphatic heterocycles. The second-order valence-corrected chi connectivity index (χ2v) is 6.59. The standard InChI is InChI=1S/C15H19NO3S/c17-14(7-10-5-6-20-9-10)16-12-4-2-1-3-11(12)8-13(16)15(18)19/h5-6,9,11-13H,1-4,7-8H2,(H,18,19)/t11-,12+,13+/m1/s1. The summed E-state index contributed by atoms with van der Waals surface area (Å²) in [5, 5.41) is 13.3. The second kappa shape index (κ2) is 5.56. The van der Waals surface area contributed by atoms with Crippen molar-refractivity contribution < 1.29 is 14.7 Å². The quantitative estimate of drug-likeness (QED) is 0.931. The number of hydrogen-bond acceptors (Lipinski definition) is 3. The van der Waals surface area contributed by atoms with E-state index in [1.165, 1.54) is 6.42 Å². The zero-order chi connectivity index (χ0) is 14.1. The van der Waals surface area contributed by atoms with Gasteiger partial charge in [0.15, 0.2) is 0 Å². The minimum atomic E-state index is -0.849. The van der Waals surface area contributed by atoms with Crippen LogP contribution in [0.15, 0.2) is 16.8 Å². The number of thiophene rings is 1. The van der Waals surface area contributed by atoms with Gasteiger partial charge in [-0.3, -0.25) is 4.79 Å². The van der Waals surface area contributed by atoms with Crippen LogP contribution in [-0.2, 0) is 16.0 Å². The SMILES string of the molecule is O=C(O)[C@@H]1C[C@H]2CCCC[C@@H]2N1C(=O)Cc1ccsc1. The maximum absolute atomic E-state index is 12.5. The Morgan fingerprint density at radius 3 is 2.85 bits per heavy atom. The first-order chi connectivity index (χ1) is 9.66. The van der Waals surface area contributed by atoms with Crippen LogP contribution in [0.2, 0.25) is 0 Å². The molecule has 4 nitrogen and oxygen atoms in total. The number of nitrogens with zero attached hydrogens (tertiary/aromatic N) is 1. The van der Waals surface area contributed by atoms with Crippen molar-refractivity contribution in [2.45, 2.75) is 50.6 Å². The van der Waals surface area contributed by atoms with Crippen LogP contribution in [0.3, 0.4) is 0 Å². The number of fused-ring (bicyclic) bond motifs is 1. The van der Waals surface area contributed by atoms with E-state index in [0.717, 1.165) is 24.8 Å². The van der Waals surface area contributed by atoms with E-state index < -0.39 is 12.0 Å². The van der Waals surface area contributed by atoms with E-state index in [9.17, 15) is 14.7 Å². The molecule has 0 bridgehead atoms. The topological polar surface area (TPSA) is 57.6 Å². The van der Waals surface area contributed by atoms with E-state index in [1.54, 1.807) is 16.2 Å². The van der Waals surface area contributed by atoms with Gasteiger partial charge in [0.2, 0.25) is 5.91 Å². The van der Waals surface area contributed by atoms with Crippen LogP contribution in [-0.4, -0.2) is 34.0 Å². The average molecular weight is 293 g/mol. The van der Waals surface area contributed by atoms with Gasteiger partial charge in [-0.1, -0.05) is 12.8 Å². The van der Waals surface area contributed by atoms with Crippen LogP contribution in [0.25, 0.3) is 0 Å². The van der Waals surface area contributed by atoms with Crippen LogP contribution in [0.4, 0.5) is 0 Å². The summed E-state index contributed by atoms with van der Waals surface area (Å²) < 4.78 is 0. The number of carboxylic acid groups (broad SMARTS) is 1. The molecule has 0 spiro atoms. The fourth-order valence-corrected chi connectivity index (χ4v) is 4.37. The molecule has 2 heterocycles. The summed E-state index contributed by atoms with van der Waals surface area (Å²) in [6, 6.07) is 1.47. The van der Waals surface area contributed by atoms with Crippen molar-refractivity contribution in [1.29, 1.82) is 0 Å². The van der Waals surface area contributed by atoms with Crippen molar-refractivity contribution in [3.05, 3.63) is 22.4 Å². The molecule has 5 heteroatoms. The van der Waals surface area contributed by atoms with Crippen molar-refractivity contribution in [2.75, 3.05) is 0 Å². The molecule has 0 radical (unpaired) electrons. The summed E-state index contributed by atoms with van der Waals surface area (Å²) in [6.45, 7) is 0. The van der Waals surface area contributed by atoms with Gasteiger partial charge < -0.3 is 10.0 Å². The Balaban J connectivity index is 1.79. The highest BCUT2D eigenvalue weighted by molar-refractivity contribution is 7.07. The van der Waals surface area contributed by atoms with Crippen LogP contribution >= 0.6 is 11.3 Å². The second-order valence-electron chi connectivity index (χ2n) is 5.81. The zero-order valence-electron chi connectivity index (χ0n) is 11.3. The molecular weight excluding hydrogens is 274 g/mol. The molecule has 1 amide bonds. The predicted octanol–water partition coefficient (Wildman–Crippen LogP) is 2.53. The van der Waals surface area contributed by atoms with Crippen LogP contribution in [0, 0.1) is 5.92 Å². The van der Waals surface area contributed by atoms with Crippen molar-refractivity contribution in [3.63, 3.8) is 0 Å². The summed E-state index contributed by atoms with van der Waals surface area (Å²) in [7, 11) is 0. The minimum Gasteiger partial charge on any atom is -0.480 e. The molecule has 0 aromatic carbocycles. The highest BCUT2D eigenvalue weighted by Crippen LogP contribution is 2.40. The third-order valence-corrected chi connectivity index (χ3v) is 5.33. The first kappa shape index (κ1) is 13.6. The van der Waals surface area contributed by atoms with Crippen LogP contribution in [0.5, 0.6) is 0 Å². The number of carboxylic acids is 1. The highest BCUT2D eigenvalue weighted by atomic mass is 32.1. The Labute approximate surface area is 122 Å². The first-order valence-electron chi connectivity index (χ1n) is 7.22. The molecule has 2 aliphatic rings. The third-order valence-electron chi connectivity index (χ3n) is 4.60. The number of rotatable bonds is 3. The molecular formula is C15H19NO3S. The van der Waals surface area contributed by atoms with Crippen molar-refractivity contribution in [3.8, 4) is 0 Å². The van der Waals surface area contributed by atoms with Gasteiger partial charge in [0.25, 0.3) is 0 Å². The summed E-state index contributed by atoms with van der Waals surface area (Å²) in [6.07, 6.45) is 5.27. The van der Waals surface area contributed by atoms with Crippen molar-refractivity contribution in [2.24, 2.45) is 5.92 Å². The first-order valence-corrected chi connectivity index (χ1v) is 8.16. The van der Waals surface area contributed by atoms with Gasteiger partial charge in [-0.25, -0.2) is 4.79 Å². The van der Waals surface area contributed by atoms with Gasteiger partial charge in [0.05, 0.1) is 6.42 Å². The molecule has 1 saturated carbocycles. The molecule has 1 N–H and O–H groups in total. The van der Waals surface area contributed by atoms with Gasteiger partial charge in [-0.05, 0) is 47.6 Å². The number of aliphatic carboxylic acids is 1. The highest BCUT2D eigenvalue weighted by Gasteiger charge is 2.47. The molecule has 3 atom stereocenters. The summed E-state index contributed by atoms with van der Waals surface area (Å²) in [5.74, 6) is -0.487. The summed E-state index contributed by atoms with van der Waals surface area (Å²) >= 11 is 1.57. The van der Waals surface area contributed by atoms with E-state index in [-0.39, 0.29) is 11.9 Å². The lowest BCUT2D eigenvalue weighted by Crippen LogP contribution is -2.46. The van der Waals surface area contributed by atoms with Gasteiger partial charge in [-0.2, -0.15) is 11.3 Å². The van der Waals surface area contributed by atoms with E-state index in [2.05, 4.69) is 0 Å². The molecule has 20 heavy (non-hydrogen) atoms. The van der Waals surface area contributed by atoms with Crippen LogP contribution < -0.4 is 0 Å². The van der Waals surface area contributed by atoms with Crippen molar-refractivity contribution in [1.82, 2.24) is 4.90 Å². The van der Waals surface area contributed by atoms with Gasteiger partial charge in [-0.15, -0.1) is 0 Å². The molecule has 2 fully saturated rings. The van der Waals surface area contributed by atoms with E-state index in [4.69, 9.17) is 0 Å². The molecule has 1 aliphatic carbocycles. The van der Waals surface area contributed by atoms with Gasteiger partial charge in [0.1, 0.15) is 6.04 Å². The Morgan fingerprint density at radius 2 is 2.15 bits per heavy atom. The largest absolute Gasteiger partial charge is 0.480 e. The predicted molar refractivity (Wildman–Crippen MR) is 76.7 cm³/mol. The minimum absolute atomic E-state index is 0.0230. The summed E-state index contributed by atoms with van der Waals surface area (Å²) in [5.41, 5.74) is 0.989. The average Bonchev–Trinajstić information content (AvgIpc) is 3.04. The normalized spacial score (nSPS) is 29.2. The number of amides is 1. The summed E-state index contributed by atoms with van der Waals surface area (Å²) in [4.78, 5) is 25.7. The zero-order valence-corrected chi connectivity index (χ0v) is 12.1. The molecule has 1 aromatic rings. The Kier molecular flexibility index (Phi) is 3.78. The maximum atomic E-state index is 12.5. The fourth-order valence-electron chi connectivity index (χ4n) is 3.70. The lowest BCUT2D eigenvalue weighted by molar-refractivity contribution is -0.149. The number of carbonyl (C=O) groups is 2. The molecule has 1 aromatic heterocycles. The lowest BCUT2D eigenvalue weighted by Gasteiger charge is -2.33. The Bertz CT molecular complexity index is 499. The third kappa shape index (κ3) is 2.46. The molecule has 1 saturated heterocycles. The molecule has 0 unspecified atom stereocenters. The number of carbonyl (C=O) groups excluding carboxylic acids is 1. The number of likely N-dealkylation sites (tertiary alicyclic amines) is 1. The van der Waals surface area contributed by atoms with E-state index >= 15 is 0 Å². The van der Waals surface area contributed by atoms with E-state index in [1.807, 2.05) is 16.8 Å². The maximum Gasteiger partial charge on any atom is 0.326 e. The molecule has 3 rings (SSSR count). The van der Waals surface area contributed by atoms with Gasteiger partial charge in [0, 0.05) is 6.04 Å². The monoisotopic (exact) mass is 293 g/mol. The van der Waals surface area contributed by atoms with E-state index in [0.29, 0.717) is 18.8 Å². The van der Waals surface area contributed by atoms with Crippen LogP contribution in [0.1, 0.15) is 37.7 Å². The molecule has 108 valence electrons. The fraction of sp³-hybridized carbons (Fsp3) is 0.600. The lowest BCUT2D eigenvalue weighted by atomic mass is 9.84. The Morgan fingerprint density at radius 1 is 1.35 bits per heavy atom. The smallest absolute Gasteiger partial charge is 0.326 e. The number of hydrogen-bond donors (Lipinski definition) is 1. The van der Waals surface area contributed by atoms with Gasteiger partial charge >= 0.3 is 5.97 Å². The Hall–Kier alpha value is -1.36. The van der Waals surface area contributed by atoms with Crippen molar-refractivity contribution >= 4 is 23.2 Å².